The molecule has 0 aliphatic rings. The summed E-state index contributed by atoms with van der Waals surface area (Å²) in [6.45, 7) is 6.23. The standard InChI is InChI=1S/C22H19N2O/c1-13-8-9-17-20-15(3)14(2)11-16(12-23)21(20)25-22(17)19(13)18-7-5-6-10-24(18)4/h5-11H,1-4H3/q+1. The van der Waals surface area contributed by atoms with Crippen molar-refractivity contribution in [1.29, 1.82) is 5.26 Å². The molecule has 2 aromatic heterocycles. The third-order valence-corrected chi connectivity index (χ3v) is 5.07. The van der Waals surface area contributed by atoms with Gasteiger partial charge in [-0.2, -0.15) is 5.26 Å². The van der Waals surface area contributed by atoms with Gasteiger partial charge in [0.15, 0.2) is 11.8 Å². The third kappa shape index (κ3) is 2.15. The molecule has 0 spiro atoms. The van der Waals surface area contributed by atoms with Crippen LogP contribution in [0.2, 0.25) is 0 Å². The average molecular weight is 327 g/mol. The Morgan fingerprint density at radius 1 is 1.00 bits per heavy atom. The number of benzene rings is 2. The maximum Gasteiger partial charge on any atom is 0.216 e. The SMILES string of the molecule is Cc1ccc2c(oc3c(C#N)cc(C)c(C)c32)c1-c1cccc[n+]1C. The third-order valence-electron chi connectivity index (χ3n) is 5.07. The van der Waals surface area contributed by atoms with Gasteiger partial charge in [0.1, 0.15) is 18.7 Å². The lowest BCUT2D eigenvalue weighted by Gasteiger charge is -2.05. The van der Waals surface area contributed by atoms with E-state index in [9.17, 15) is 5.26 Å². The van der Waals surface area contributed by atoms with Gasteiger partial charge in [-0.05, 0) is 49.6 Å². The number of furan rings is 1. The summed E-state index contributed by atoms with van der Waals surface area (Å²) in [6.07, 6.45) is 2.03. The van der Waals surface area contributed by atoms with E-state index in [-0.39, 0.29) is 0 Å². The van der Waals surface area contributed by atoms with Crippen molar-refractivity contribution >= 4 is 21.9 Å². The molecule has 122 valence electrons. The summed E-state index contributed by atoms with van der Waals surface area (Å²) < 4.78 is 8.39. The van der Waals surface area contributed by atoms with Crippen LogP contribution >= 0.6 is 0 Å². The van der Waals surface area contributed by atoms with Crippen LogP contribution in [0.3, 0.4) is 0 Å². The van der Waals surface area contributed by atoms with E-state index in [1.807, 2.05) is 38.4 Å². The summed E-state index contributed by atoms with van der Waals surface area (Å²) in [5.41, 5.74) is 7.74. The predicted molar refractivity (Wildman–Crippen MR) is 99.3 cm³/mol. The van der Waals surface area contributed by atoms with Crippen LogP contribution in [0.5, 0.6) is 0 Å². The molecule has 4 rings (SSSR count). The fourth-order valence-electron chi connectivity index (χ4n) is 3.59. The quantitative estimate of drug-likeness (QED) is 0.468. The van der Waals surface area contributed by atoms with Crippen LogP contribution in [0.25, 0.3) is 33.2 Å². The van der Waals surface area contributed by atoms with Crippen molar-refractivity contribution < 1.29 is 8.98 Å². The van der Waals surface area contributed by atoms with Gasteiger partial charge in [-0.3, -0.25) is 0 Å². The van der Waals surface area contributed by atoms with Gasteiger partial charge >= 0.3 is 0 Å². The molecule has 3 heteroatoms. The highest BCUT2D eigenvalue weighted by atomic mass is 16.3. The first kappa shape index (κ1) is 15.4. The molecule has 2 heterocycles. The van der Waals surface area contributed by atoms with Crippen LogP contribution in [0.4, 0.5) is 0 Å². The van der Waals surface area contributed by atoms with Crippen molar-refractivity contribution in [3.63, 3.8) is 0 Å². The summed E-state index contributed by atoms with van der Waals surface area (Å²) in [4.78, 5) is 0. The molecule has 3 nitrogen and oxygen atoms in total. The Bertz CT molecular complexity index is 1190. The smallest absolute Gasteiger partial charge is 0.216 e. The highest BCUT2D eigenvalue weighted by molar-refractivity contribution is 6.12. The lowest BCUT2D eigenvalue weighted by atomic mass is 9.96. The number of aromatic nitrogens is 1. The molecule has 0 atom stereocenters. The average Bonchev–Trinajstić information content (AvgIpc) is 2.99. The molecular formula is C22H19N2O+. The number of fused-ring (bicyclic) bond motifs is 3. The van der Waals surface area contributed by atoms with Crippen LogP contribution in [-0.2, 0) is 7.05 Å². The summed E-state index contributed by atoms with van der Waals surface area (Å²) in [7, 11) is 2.03. The number of rotatable bonds is 1. The van der Waals surface area contributed by atoms with E-state index >= 15 is 0 Å². The van der Waals surface area contributed by atoms with Crippen molar-refractivity contribution in [1.82, 2.24) is 0 Å². The molecule has 2 aromatic carbocycles. The fraction of sp³-hybridized carbons (Fsp3) is 0.182. The Labute approximate surface area is 146 Å². The topological polar surface area (TPSA) is 40.8 Å². The lowest BCUT2D eigenvalue weighted by Crippen LogP contribution is -2.30. The monoisotopic (exact) mass is 327 g/mol. The molecule has 0 radical (unpaired) electrons. The Kier molecular flexibility index (Phi) is 3.36. The van der Waals surface area contributed by atoms with Crippen molar-refractivity contribution in [3.8, 4) is 17.3 Å². The van der Waals surface area contributed by atoms with Gasteiger partial charge in [-0.25, -0.2) is 4.57 Å². The Morgan fingerprint density at radius 2 is 1.80 bits per heavy atom. The van der Waals surface area contributed by atoms with Gasteiger partial charge in [-0.15, -0.1) is 0 Å². The first-order chi connectivity index (χ1) is 12.0. The largest absolute Gasteiger partial charge is 0.454 e. The molecule has 0 aliphatic carbocycles. The molecule has 0 unspecified atom stereocenters. The fourth-order valence-corrected chi connectivity index (χ4v) is 3.59. The highest BCUT2D eigenvalue weighted by Gasteiger charge is 2.22. The molecular weight excluding hydrogens is 308 g/mol. The Balaban J connectivity index is 2.24. The first-order valence-electron chi connectivity index (χ1n) is 8.34. The minimum atomic E-state index is 0.593. The number of hydrogen-bond donors (Lipinski definition) is 0. The molecule has 0 saturated heterocycles. The van der Waals surface area contributed by atoms with Gasteiger partial charge in [0.25, 0.3) is 0 Å². The molecule has 0 amide bonds. The Morgan fingerprint density at radius 3 is 2.52 bits per heavy atom. The van der Waals surface area contributed by atoms with Gasteiger partial charge in [0, 0.05) is 22.9 Å². The number of aryl methyl sites for hydroxylation is 4. The second-order valence-electron chi connectivity index (χ2n) is 6.61. The maximum absolute atomic E-state index is 9.55. The van der Waals surface area contributed by atoms with Crippen molar-refractivity contribution in [2.24, 2.45) is 7.05 Å². The summed E-state index contributed by atoms with van der Waals surface area (Å²) in [5.74, 6) is 0. The molecule has 25 heavy (non-hydrogen) atoms. The molecule has 0 aliphatic heterocycles. The second kappa shape index (κ2) is 5.46. The highest BCUT2D eigenvalue weighted by Crippen LogP contribution is 2.40. The number of nitrogens with zero attached hydrogens (tertiary/aromatic N) is 2. The van der Waals surface area contributed by atoms with E-state index in [1.165, 1.54) is 5.56 Å². The zero-order valence-corrected chi connectivity index (χ0v) is 14.8. The van der Waals surface area contributed by atoms with Gasteiger partial charge in [0.2, 0.25) is 5.69 Å². The number of nitriles is 1. The van der Waals surface area contributed by atoms with Crippen LogP contribution in [-0.4, -0.2) is 0 Å². The minimum absolute atomic E-state index is 0.593. The normalized spacial score (nSPS) is 11.2. The van der Waals surface area contributed by atoms with E-state index in [4.69, 9.17) is 4.42 Å². The molecule has 4 aromatic rings. The first-order valence-corrected chi connectivity index (χ1v) is 8.34. The number of pyridine rings is 1. The van der Waals surface area contributed by atoms with E-state index < -0.39 is 0 Å². The number of hydrogen-bond acceptors (Lipinski definition) is 2. The van der Waals surface area contributed by atoms with Gasteiger partial charge in [0.05, 0.1) is 11.1 Å². The Hall–Kier alpha value is -3.12. The van der Waals surface area contributed by atoms with Crippen LogP contribution < -0.4 is 4.57 Å². The van der Waals surface area contributed by atoms with Crippen molar-refractivity contribution in [2.45, 2.75) is 20.8 Å². The summed E-state index contributed by atoms with van der Waals surface area (Å²) in [5, 5.41) is 11.7. The molecule has 0 fully saturated rings. The molecule has 0 saturated carbocycles. The van der Waals surface area contributed by atoms with Crippen LogP contribution in [0.15, 0.2) is 47.0 Å². The lowest BCUT2D eigenvalue weighted by molar-refractivity contribution is -0.660. The molecule has 0 N–H and O–H groups in total. The van der Waals surface area contributed by atoms with E-state index in [0.29, 0.717) is 11.1 Å². The zero-order chi connectivity index (χ0) is 17.7. The summed E-state index contributed by atoms with van der Waals surface area (Å²) >= 11 is 0. The van der Waals surface area contributed by atoms with Gasteiger partial charge in [-0.1, -0.05) is 12.1 Å². The second-order valence-corrected chi connectivity index (χ2v) is 6.61. The summed E-state index contributed by atoms with van der Waals surface area (Å²) in [6, 6.07) is 14.6. The van der Waals surface area contributed by atoms with E-state index in [2.05, 4.69) is 42.7 Å². The van der Waals surface area contributed by atoms with Crippen molar-refractivity contribution in [3.05, 3.63) is 64.8 Å². The maximum atomic E-state index is 9.55. The van der Waals surface area contributed by atoms with E-state index in [1.54, 1.807) is 0 Å². The molecule has 0 bridgehead atoms. The van der Waals surface area contributed by atoms with Gasteiger partial charge < -0.3 is 4.42 Å². The van der Waals surface area contributed by atoms with Crippen LogP contribution in [0, 0.1) is 32.1 Å². The minimum Gasteiger partial charge on any atom is -0.454 e. The predicted octanol–water partition coefficient (Wildman–Crippen LogP) is 4.87. The van der Waals surface area contributed by atoms with Crippen LogP contribution in [0.1, 0.15) is 22.3 Å². The van der Waals surface area contributed by atoms with E-state index in [0.717, 1.165) is 38.7 Å². The zero-order valence-electron chi connectivity index (χ0n) is 14.8. The van der Waals surface area contributed by atoms with Crippen molar-refractivity contribution in [2.75, 3.05) is 0 Å².